The number of hydrogen-bond acceptors (Lipinski definition) is 2. The van der Waals surface area contributed by atoms with E-state index in [0.29, 0.717) is 5.92 Å². The summed E-state index contributed by atoms with van der Waals surface area (Å²) < 4.78 is 0. The van der Waals surface area contributed by atoms with Gasteiger partial charge in [0.05, 0.1) is 0 Å². The molecule has 0 aromatic heterocycles. The zero-order valence-electron chi connectivity index (χ0n) is 10.4. The average molecular weight is 229 g/mol. The lowest BCUT2D eigenvalue weighted by Gasteiger charge is -2.42. The minimum Gasteiger partial charge on any atom is -0.465 e. The first kappa shape index (κ1) is 13.3. The predicted molar refractivity (Wildman–Crippen MR) is 62.4 cm³/mol. The van der Waals surface area contributed by atoms with Crippen molar-refractivity contribution in [1.29, 1.82) is 0 Å². The lowest BCUT2D eigenvalue weighted by Crippen LogP contribution is -2.52. The predicted octanol–water partition coefficient (Wildman–Crippen LogP) is 2.32. The van der Waals surface area contributed by atoms with E-state index < -0.39 is 6.09 Å². The van der Waals surface area contributed by atoms with Crippen LogP contribution in [-0.2, 0) is 0 Å². The van der Waals surface area contributed by atoms with Crippen LogP contribution in [-0.4, -0.2) is 39.4 Å². The second kappa shape index (κ2) is 5.04. The highest BCUT2D eigenvalue weighted by Crippen LogP contribution is 2.31. The third-order valence-corrected chi connectivity index (χ3v) is 3.37. The first-order valence-electron chi connectivity index (χ1n) is 5.99. The van der Waals surface area contributed by atoms with Gasteiger partial charge >= 0.3 is 6.09 Å². The van der Waals surface area contributed by atoms with E-state index in [1.165, 1.54) is 0 Å². The molecule has 1 saturated carbocycles. The van der Waals surface area contributed by atoms with Gasteiger partial charge in [-0.1, -0.05) is 0 Å². The molecule has 1 amide bonds. The number of nitrogens with zero attached hydrogens (tertiary/aromatic N) is 1. The van der Waals surface area contributed by atoms with Crippen LogP contribution in [0.2, 0.25) is 0 Å². The Morgan fingerprint density at radius 1 is 1.25 bits per heavy atom. The van der Waals surface area contributed by atoms with Gasteiger partial charge in [-0.25, -0.2) is 4.79 Å². The zero-order valence-corrected chi connectivity index (χ0v) is 10.4. The summed E-state index contributed by atoms with van der Waals surface area (Å²) in [6, 6.07) is 0.111. The van der Waals surface area contributed by atoms with Gasteiger partial charge < -0.3 is 15.1 Å². The summed E-state index contributed by atoms with van der Waals surface area (Å²) in [6.07, 6.45) is 2.77. The molecule has 0 spiro atoms. The molecule has 0 aliphatic heterocycles. The van der Waals surface area contributed by atoms with Crippen LogP contribution in [0.15, 0.2) is 0 Å². The topological polar surface area (TPSA) is 60.8 Å². The number of hydrogen-bond donors (Lipinski definition) is 2. The van der Waals surface area contributed by atoms with E-state index in [9.17, 15) is 9.90 Å². The highest BCUT2D eigenvalue weighted by Gasteiger charge is 2.35. The molecule has 1 aliphatic rings. The molecular weight excluding hydrogens is 206 g/mol. The van der Waals surface area contributed by atoms with Crippen molar-refractivity contribution < 1.29 is 15.0 Å². The van der Waals surface area contributed by atoms with Crippen LogP contribution in [0.3, 0.4) is 0 Å². The molecular formula is C12H23NO3. The van der Waals surface area contributed by atoms with Gasteiger partial charge in [0.1, 0.15) is 0 Å². The molecule has 0 aromatic rings. The zero-order chi connectivity index (χ0) is 12.3. The van der Waals surface area contributed by atoms with Crippen molar-refractivity contribution in [1.82, 2.24) is 4.90 Å². The van der Waals surface area contributed by atoms with Crippen LogP contribution < -0.4 is 0 Å². The molecule has 0 aromatic carbocycles. The molecule has 0 saturated heterocycles. The minimum absolute atomic E-state index is 0.111. The molecule has 4 heteroatoms. The highest BCUT2D eigenvalue weighted by atomic mass is 16.4. The Labute approximate surface area is 97.3 Å². The van der Waals surface area contributed by atoms with Crippen molar-refractivity contribution in [3.8, 4) is 0 Å². The number of carbonyl (C=O) groups is 1. The summed E-state index contributed by atoms with van der Waals surface area (Å²) >= 11 is 0. The normalized spacial score (nSPS) is 26.5. The Balaban J connectivity index is 2.65. The number of rotatable bonds is 2. The van der Waals surface area contributed by atoms with E-state index in [-0.39, 0.29) is 18.2 Å². The first-order chi connectivity index (χ1) is 7.36. The van der Waals surface area contributed by atoms with E-state index in [4.69, 9.17) is 5.11 Å². The molecule has 1 fully saturated rings. The van der Waals surface area contributed by atoms with Gasteiger partial charge in [-0.05, 0) is 52.4 Å². The van der Waals surface area contributed by atoms with Gasteiger partial charge in [-0.2, -0.15) is 0 Å². The van der Waals surface area contributed by atoms with Gasteiger partial charge in [0.15, 0.2) is 0 Å². The van der Waals surface area contributed by atoms with Crippen LogP contribution in [0, 0.1) is 5.92 Å². The Morgan fingerprint density at radius 3 is 2.06 bits per heavy atom. The second-order valence-corrected chi connectivity index (χ2v) is 5.68. The van der Waals surface area contributed by atoms with Crippen LogP contribution in [0.1, 0.15) is 46.5 Å². The fraction of sp³-hybridized carbons (Fsp3) is 0.917. The molecule has 1 rings (SSSR count). The van der Waals surface area contributed by atoms with Gasteiger partial charge in [0.2, 0.25) is 0 Å². The maximum Gasteiger partial charge on any atom is 0.407 e. The fourth-order valence-corrected chi connectivity index (χ4v) is 2.58. The van der Waals surface area contributed by atoms with Gasteiger partial charge in [0, 0.05) is 18.2 Å². The summed E-state index contributed by atoms with van der Waals surface area (Å²) in [5, 5.41) is 18.3. The highest BCUT2D eigenvalue weighted by molar-refractivity contribution is 5.66. The Kier molecular flexibility index (Phi) is 4.19. The second-order valence-electron chi connectivity index (χ2n) is 5.68. The van der Waals surface area contributed by atoms with Gasteiger partial charge in [-0.15, -0.1) is 0 Å². The molecule has 94 valence electrons. The molecule has 0 atom stereocenters. The average Bonchev–Trinajstić information content (AvgIpc) is 2.16. The first-order valence-corrected chi connectivity index (χ1v) is 5.99. The lowest BCUT2D eigenvalue weighted by atomic mass is 9.84. The van der Waals surface area contributed by atoms with E-state index in [0.717, 1.165) is 25.7 Å². The van der Waals surface area contributed by atoms with E-state index >= 15 is 0 Å². The van der Waals surface area contributed by atoms with Gasteiger partial charge in [-0.3, -0.25) is 0 Å². The standard InChI is InChI=1S/C12H23NO3/c1-12(2,3)13(11(15)16)10-6-4-9(8-14)5-7-10/h9-10,14H,4-8H2,1-3H3,(H,15,16)/t9-,10-. The van der Waals surface area contributed by atoms with Crippen molar-refractivity contribution >= 4 is 6.09 Å². The van der Waals surface area contributed by atoms with Crippen molar-refractivity contribution in [2.45, 2.75) is 58.0 Å². The lowest BCUT2D eigenvalue weighted by molar-refractivity contribution is 0.0449. The van der Waals surface area contributed by atoms with E-state index in [1.54, 1.807) is 4.90 Å². The summed E-state index contributed by atoms with van der Waals surface area (Å²) in [7, 11) is 0. The molecule has 16 heavy (non-hydrogen) atoms. The quantitative estimate of drug-likeness (QED) is 0.764. The number of amides is 1. The summed E-state index contributed by atoms with van der Waals surface area (Å²) in [5.74, 6) is 0.367. The third-order valence-electron chi connectivity index (χ3n) is 3.37. The molecule has 0 heterocycles. The maximum absolute atomic E-state index is 11.3. The molecule has 0 unspecified atom stereocenters. The van der Waals surface area contributed by atoms with Crippen molar-refractivity contribution in [2.75, 3.05) is 6.61 Å². The summed E-state index contributed by atoms with van der Waals surface area (Å²) in [5.41, 5.74) is -0.345. The van der Waals surface area contributed by atoms with E-state index in [2.05, 4.69) is 0 Å². The summed E-state index contributed by atoms with van der Waals surface area (Å²) in [6.45, 7) is 6.02. The van der Waals surface area contributed by atoms with Crippen LogP contribution >= 0.6 is 0 Å². The molecule has 2 N–H and O–H groups in total. The Bertz CT molecular complexity index is 239. The van der Waals surface area contributed by atoms with Crippen molar-refractivity contribution in [3.05, 3.63) is 0 Å². The Morgan fingerprint density at radius 2 is 1.75 bits per heavy atom. The summed E-state index contributed by atoms with van der Waals surface area (Å²) in [4.78, 5) is 12.8. The van der Waals surface area contributed by atoms with Crippen LogP contribution in [0.25, 0.3) is 0 Å². The fourth-order valence-electron chi connectivity index (χ4n) is 2.58. The smallest absolute Gasteiger partial charge is 0.407 e. The van der Waals surface area contributed by atoms with Crippen LogP contribution in [0.5, 0.6) is 0 Å². The number of carboxylic acid groups (broad SMARTS) is 1. The minimum atomic E-state index is -0.833. The SMILES string of the molecule is CC(C)(C)N(C(=O)O)[C@H]1CC[C@H](CO)CC1. The number of aliphatic hydroxyl groups excluding tert-OH is 1. The van der Waals surface area contributed by atoms with E-state index in [1.807, 2.05) is 20.8 Å². The van der Waals surface area contributed by atoms with Crippen molar-refractivity contribution in [2.24, 2.45) is 5.92 Å². The van der Waals surface area contributed by atoms with Crippen molar-refractivity contribution in [3.63, 3.8) is 0 Å². The van der Waals surface area contributed by atoms with Crippen LogP contribution in [0.4, 0.5) is 4.79 Å². The monoisotopic (exact) mass is 229 g/mol. The molecule has 4 nitrogen and oxygen atoms in total. The molecule has 0 bridgehead atoms. The molecule has 0 radical (unpaired) electrons. The third kappa shape index (κ3) is 3.11. The maximum atomic E-state index is 11.3. The Hall–Kier alpha value is -0.770. The van der Waals surface area contributed by atoms with Gasteiger partial charge in [0.25, 0.3) is 0 Å². The number of aliphatic hydroxyl groups is 1. The largest absolute Gasteiger partial charge is 0.465 e. The molecule has 1 aliphatic carbocycles.